The number of thioether (sulfide) groups is 1. The van der Waals surface area contributed by atoms with Crippen LogP contribution in [0.1, 0.15) is 34.6 Å². The number of hydrogen-bond donors (Lipinski definition) is 2. The third-order valence-corrected chi connectivity index (χ3v) is 5.16. The van der Waals surface area contributed by atoms with Crippen molar-refractivity contribution < 1.29 is 4.79 Å². The predicted octanol–water partition coefficient (Wildman–Crippen LogP) is 2.00. The van der Waals surface area contributed by atoms with Gasteiger partial charge in [0.25, 0.3) is 5.91 Å². The Morgan fingerprint density at radius 1 is 1.47 bits per heavy atom. The molecule has 1 aliphatic rings. The monoisotopic (exact) mass is 242 g/mol. The summed E-state index contributed by atoms with van der Waals surface area (Å²) in [5.41, 5.74) is 12.8. The van der Waals surface area contributed by atoms with Crippen molar-refractivity contribution in [2.45, 2.75) is 30.8 Å². The zero-order valence-electron chi connectivity index (χ0n) is 8.79. The van der Waals surface area contributed by atoms with Gasteiger partial charge in [-0.05, 0) is 12.0 Å². The van der Waals surface area contributed by atoms with Crippen molar-refractivity contribution in [3.8, 4) is 0 Å². The Labute approximate surface area is 97.2 Å². The first kappa shape index (κ1) is 10.8. The van der Waals surface area contributed by atoms with Gasteiger partial charge in [-0.15, -0.1) is 23.1 Å². The van der Waals surface area contributed by atoms with Crippen LogP contribution in [0.2, 0.25) is 0 Å². The third-order valence-electron chi connectivity index (χ3n) is 2.56. The van der Waals surface area contributed by atoms with Gasteiger partial charge >= 0.3 is 0 Å². The maximum absolute atomic E-state index is 11.3. The summed E-state index contributed by atoms with van der Waals surface area (Å²) in [7, 11) is 0. The number of nitrogen functional groups attached to an aromatic ring is 1. The van der Waals surface area contributed by atoms with Crippen molar-refractivity contribution >= 4 is 34.0 Å². The number of carbonyl (C=O) groups is 1. The topological polar surface area (TPSA) is 69.1 Å². The van der Waals surface area contributed by atoms with E-state index in [1.807, 2.05) is 11.8 Å². The summed E-state index contributed by atoms with van der Waals surface area (Å²) in [5.74, 6) is 0.539. The van der Waals surface area contributed by atoms with Crippen molar-refractivity contribution in [3.63, 3.8) is 0 Å². The fraction of sp³-hybridized carbons (Fsp3) is 0.500. The van der Waals surface area contributed by atoms with Crippen LogP contribution in [0, 0.1) is 0 Å². The van der Waals surface area contributed by atoms with Gasteiger partial charge in [0.05, 0.1) is 10.6 Å². The van der Waals surface area contributed by atoms with Crippen molar-refractivity contribution in [2.24, 2.45) is 5.73 Å². The van der Waals surface area contributed by atoms with Crippen LogP contribution in [0.25, 0.3) is 0 Å². The van der Waals surface area contributed by atoms with Gasteiger partial charge < -0.3 is 11.5 Å². The molecule has 3 nitrogen and oxygen atoms in total. The molecule has 82 valence electrons. The Morgan fingerprint density at radius 3 is 2.73 bits per heavy atom. The molecule has 1 aromatic rings. The van der Waals surface area contributed by atoms with E-state index in [0.717, 1.165) is 17.7 Å². The fourth-order valence-corrected chi connectivity index (χ4v) is 4.09. The van der Waals surface area contributed by atoms with Gasteiger partial charge in [-0.25, -0.2) is 0 Å². The Bertz CT molecular complexity index is 423. The van der Waals surface area contributed by atoms with Crippen molar-refractivity contribution in [1.29, 1.82) is 0 Å². The summed E-state index contributed by atoms with van der Waals surface area (Å²) in [4.78, 5) is 12.5. The SMILES string of the molecule is CC1(C)Cc2c(sc(N)c2C(N)=O)CS1. The molecule has 2 heterocycles. The van der Waals surface area contributed by atoms with Crippen LogP contribution < -0.4 is 11.5 Å². The molecule has 1 amide bonds. The zero-order valence-corrected chi connectivity index (χ0v) is 10.4. The number of carbonyl (C=O) groups excluding carboxylic acids is 1. The second-order valence-electron chi connectivity index (χ2n) is 4.33. The molecule has 0 aliphatic carbocycles. The standard InChI is InChI=1S/C10H14N2OS2/c1-10(2)3-5-6(4-14-10)15-9(12)7(5)8(11)13/h3-4,12H2,1-2H3,(H2,11,13). The van der Waals surface area contributed by atoms with Crippen LogP contribution in [0.3, 0.4) is 0 Å². The van der Waals surface area contributed by atoms with Crippen LogP contribution >= 0.6 is 23.1 Å². The first-order chi connectivity index (χ1) is 6.91. The molecule has 0 aromatic carbocycles. The molecule has 0 saturated carbocycles. The highest BCUT2D eigenvalue weighted by Gasteiger charge is 2.31. The molecule has 1 aliphatic heterocycles. The molecule has 0 bridgehead atoms. The second-order valence-corrected chi connectivity index (χ2v) is 7.15. The van der Waals surface area contributed by atoms with Crippen LogP contribution in [0.15, 0.2) is 0 Å². The Kier molecular flexibility index (Phi) is 2.47. The van der Waals surface area contributed by atoms with Gasteiger partial charge in [-0.1, -0.05) is 13.8 Å². The number of fused-ring (bicyclic) bond motifs is 1. The molecule has 15 heavy (non-hydrogen) atoms. The average molecular weight is 242 g/mol. The zero-order chi connectivity index (χ0) is 11.2. The fourth-order valence-electron chi connectivity index (χ4n) is 1.84. The first-order valence-electron chi connectivity index (χ1n) is 4.74. The molecule has 5 heteroatoms. The predicted molar refractivity (Wildman–Crippen MR) is 66.3 cm³/mol. The quantitative estimate of drug-likeness (QED) is 0.791. The van der Waals surface area contributed by atoms with E-state index >= 15 is 0 Å². The van der Waals surface area contributed by atoms with Gasteiger partial charge in [0.15, 0.2) is 0 Å². The average Bonchev–Trinajstić information content (AvgIpc) is 2.38. The van der Waals surface area contributed by atoms with E-state index in [1.54, 1.807) is 0 Å². The largest absolute Gasteiger partial charge is 0.390 e. The lowest BCUT2D eigenvalue weighted by Crippen LogP contribution is -2.25. The molecular formula is C10H14N2OS2. The number of anilines is 1. The summed E-state index contributed by atoms with van der Waals surface area (Å²) < 4.78 is 0.171. The normalized spacial score (nSPS) is 18.5. The molecule has 2 rings (SSSR count). The van der Waals surface area contributed by atoms with E-state index in [1.165, 1.54) is 16.2 Å². The number of thiophene rings is 1. The molecule has 0 spiro atoms. The van der Waals surface area contributed by atoms with Crippen molar-refractivity contribution in [1.82, 2.24) is 0 Å². The van der Waals surface area contributed by atoms with Gasteiger partial charge in [0.1, 0.15) is 0 Å². The van der Waals surface area contributed by atoms with Gasteiger partial charge in [-0.3, -0.25) is 4.79 Å². The summed E-state index contributed by atoms with van der Waals surface area (Å²) in [6, 6.07) is 0. The van der Waals surface area contributed by atoms with Crippen LogP contribution in [0.4, 0.5) is 5.00 Å². The van der Waals surface area contributed by atoms with Crippen LogP contribution in [0.5, 0.6) is 0 Å². The Hall–Kier alpha value is -0.680. The minimum Gasteiger partial charge on any atom is -0.390 e. The Balaban J connectivity index is 2.51. The summed E-state index contributed by atoms with van der Waals surface area (Å²) >= 11 is 3.40. The maximum atomic E-state index is 11.3. The third kappa shape index (κ3) is 1.86. The first-order valence-corrected chi connectivity index (χ1v) is 6.55. The lowest BCUT2D eigenvalue weighted by molar-refractivity contribution is 0.100. The van der Waals surface area contributed by atoms with E-state index in [4.69, 9.17) is 11.5 Å². The molecule has 0 radical (unpaired) electrons. The van der Waals surface area contributed by atoms with Gasteiger partial charge in [-0.2, -0.15) is 0 Å². The molecule has 4 N–H and O–H groups in total. The lowest BCUT2D eigenvalue weighted by Gasteiger charge is -2.29. The van der Waals surface area contributed by atoms with Crippen molar-refractivity contribution in [2.75, 3.05) is 5.73 Å². The van der Waals surface area contributed by atoms with Crippen LogP contribution in [-0.2, 0) is 12.2 Å². The number of amides is 1. The molecular weight excluding hydrogens is 228 g/mol. The molecule has 0 fully saturated rings. The highest BCUT2D eigenvalue weighted by molar-refractivity contribution is 8.00. The highest BCUT2D eigenvalue weighted by Crippen LogP contribution is 2.44. The maximum Gasteiger partial charge on any atom is 0.251 e. The number of hydrogen-bond acceptors (Lipinski definition) is 4. The minimum absolute atomic E-state index is 0.171. The van der Waals surface area contributed by atoms with E-state index in [0.29, 0.717) is 10.6 Å². The molecule has 0 unspecified atom stereocenters. The number of nitrogens with two attached hydrogens (primary N) is 2. The van der Waals surface area contributed by atoms with Crippen molar-refractivity contribution in [3.05, 3.63) is 16.0 Å². The van der Waals surface area contributed by atoms with E-state index < -0.39 is 5.91 Å². The molecule has 0 saturated heterocycles. The number of primary amides is 1. The number of rotatable bonds is 1. The van der Waals surface area contributed by atoms with Gasteiger partial charge in [0.2, 0.25) is 0 Å². The lowest BCUT2D eigenvalue weighted by atomic mass is 9.98. The second kappa shape index (κ2) is 3.42. The summed E-state index contributed by atoms with van der Waals surface area (Å²) in [5, 5.41) is 0.575. The Morgan fingerprint density at radius 2 is 2.13 bits per heavy atom. The van der Waals surface area contributed by atoms with E-state index in [-0.39, 0.29) is 4.75 Å². The summed E-state index contributed by atoms with van der Waals surface area (Å²) in [6.07, 6.45) is 0.874. The van der Waals surface area contributed by atoms with E-state index in [9.17, 15) is 4.79 Å². The highest BCUT2D eigenvalue weighted by atomic mass is 32.2. The van der Waals surface area contributed by atoms with E-state index in [2.05, 4.69) is 13.8 Å². The summed E-state index contributed by atoms with van der Waals surface area (Å²) in [6.45, 7) is 4.36. The van der Waals surface area contributed by atoms with Gasteiger partial charge in [0, 0.05) is 15.4 Å². The smallest absolute Gasteiger partial charge is 0.251 e. The molecule has 1 aromatic heterocycles. The molecule has 0 atom stereocenters. The minimum atomic E-state index is -0.396. The van der Waals surface area contributed by atoms with Crippen LogP contribution in [-0.4, -0.2) is 10.7 Å².